The van der Waals surface area contributed by atoms with Crippen LogP contribution in [0, 0.1) is 19.8 Å². The summed E-state index contributed by atoms with van der Waals surface area (Å²) in [6.07, 6.45) is 2.38. The van der Waals surface area contributed by atoms with E-state index in [0.29, 0.717) is 18.5 Å². The minimum Gasteiger partial charge on any atom is -0.369 e. The number of rotatable bonds is 5. The zero-order chi connectivity index (χ0) is 23.1. The molecule has 0 aromatic heterocycles. The Morgan fingerprint density at radius 2 is 1.71 bits per heavy atom. The van der Waals surface area contributed by atoms with Gasteiger partial charge in [0.15, 0.2) is 0 Å². The highest BCUT2D eigenvalue weighted by Gasteiger charge is 2.46. The number of primary amides is 1. The smallest absolute Gasteiger partial charge is 0.329 e. The first kappa shape index (κ1) is 23.0. The largest absolute Gasteiger partial charge is 0.369 e. The van der Waals surface area contributed by atoms with Gasteiger partial charge in [0.05, 0.1) is 0 Å². The van der Waals surface area contributed by atoms with Crippen LogP contribution >= 0.6 is 0 Å². The summed E-state index contributed by atoms with van der Waals surface area (Å²) < 4.78 is 26.8. The summed E-state index contributed by atoms with van der Waals surface area (Å²) in [7, 11) is -3.64. The van der Waals surface area contributed by atoms with Crippen LogP contribution in [0.4, 0.5) is 10.5 Å². The second kappa shape index (κ2) is 8.08. The van der Waals surface area contributed by atoms with Crippen LogP contribution in [0.2, 0.25) is 0 Å². The number of hydrogen-bond acceptors (Lipinski definition) is 5. The molecule has 0 atom stereocenters. The van der Waals surface area contributed by atoms with Crippen molar-refractivity contribution in [3.63, 3.8) is 0 Å². The quantitative estimate of drug-likeness (QED) is 0.662. The maximum Gasteiger partial charge on any atom is 0.329 e. The number of imide groups is 1. The normalized spacial score (nSPS) is 20.5. The van der Waals surface area contributed by atoms with Crippen molar-refractivity contribution in [3.8, 4) is 0 Å². The molecule has 0 aliphatic carbocycles. The van der Waals surface area contributed by atoms with Gasteiger partial charge in [-0.3, -0.25) is 19.8 Å². The van der Waals surface area contributed by atoms with Crippen LogP contribution in [0.1, 0.15) is 43.4 Å². The molecule has 1 aromatic carbocycles. The first-order valence-electron chi connectivity index (χ1n) is 10.1. The van der Waals surface area contributed by atoms with Crippen molar-refractivity contribution in [3.05, 3.63) is 34.2 Å². The number of piperidine rings is 1. The van der Waals surface area contributed by atoms with Gasteiger partial charge in [0, 0.05) is 30.1 Å². The number of anilines is 1. The van der Waals surface area contributed by atoms with Crippen LogP contribution in [0.3, 0.4) is 0 Å². The summed E-state index contributed by atoms with van der Waals surface area (Å²) >= 11 is 0. The maximum atomic E-state index is 12.7. The molecule has 0 bridgehead atoms. The molecule has 10 heteroatoms. The number of urea groups is 1. The van der Waals surface area contributed by atoms with Crippen molar-refractivity contribution in [1.82, 2.24) is 9.62 Å². The second-order valence-electron chi connectivity index (χ2n) is 8.57. The highest BCUT2D eigenvalue weighted by Crippen LogP contribution is 2.32. The van der Waals surface area contributed by atoms with Gasteiger partial charge in [0.2, 0.25) is 15.9 Å². The molecular weight excluding hydrogens is 420 g/mol. The molecule has 0 unspecified atom stereocenters. The highest BCUT2D eigenvalue weighted by molar-refractivity contribution is 7.92. The van der Waals surface area contributed by atoms with Gasteiger partial charge in [-0.2, -0.15) is 4.31 Å². The van der Waals surface area contributed by atoms with E-state index in [1.807, 2.05) is 13.8 Å². The standard InChI is InChI=1S/C21H28N4O5S/c1-13-11-16(25-20(28)23-19(27)21(25,3)4)12-14(2)17(13)7-10-31(29,30)24-8-5-15(6-9-24)18(22)26/h7,10-12,15H,5-6,8-9H2,1-4H3,(H2,22,26)(H,23,27,28). The summed E-state index contributed by atoms with van der Waals surface area (Å²) in [5, 5.41) is 3.49. The van der Waals surface area contributed by atoms with Crippen LogP contribution < -0.4 is 16.0 Å². The Morgan fingerprint density at radius 1 is 1.16 bits per heavy atom. The number of sulfonamides is 1. The van der Waals surface area contributed by atoms with E-state index in [0.717, 1.165) is 16.7 Å². The van der Waals surface area contributed by atoms with Gasteiger partial charge in [-0.1, -0.05) is 0 Å². The molecule has 2 heterocycles. The number of carbonyl (C=O) groups is 3. The van der Waals surface area contributed by atoms with E-state index < -0.39 is 27.5 Å². The molecule has 2 aliphatic heterocycles. The van der Waals surface area contributed by atoms with E-state index in [4.69, 9.17) is 5.73 Å². The van der Waals surface area contributed by atoms with Crippen LogP contribution in [0.15, 0.2) is 17.5 Å². The van der Waals surface area contributed by atoms with Gasteiger partial charge in [-0.25, -0.2) is 13.2 Å². The number of aryl methyl sites for hydroxylation is 2. The first-order chi connectivity index (χ1) is 14.3. The fraction of sp³-hybridized carbons (Fsp3) is 0.476. The Morgan fingerprint density at radius 3 is 2.16 bits per heavy atom. The molecule has 2 saturated heterocycles. The monoisotopic (exact) mass is 448 g/mol. The average Bonchev–Trinajstić information content (AvgIpc) is 2.87. The molecule has 9 nitrogen and oxygen atoms in total. The van der Waals surface area contributed by atoms with Crippen LogP contribution in [-0.2, 0) is 19.6 Å². The van der Waals surface area contributed by atoms with E-state index in [1.54, 1.807) is 32.1 Å². The number of nitrogens with zero attached hydrogens (tertiary/aromatic N) is 2. The Labute approximate surface area is 182 Å². The number of benzene rings is 1. The van der Waals surface area contributed by atoms with Gasteiger partial charge < -0.3 is 5.73 Å². The number of carbonyl (C=O) groups excluding carboxylic acids is 3. The Kier molecular flexibility index (Phi) is 5.98. The summed E-state index contributed by atoms with van der Waals surface area (Å²) in [6.45, 7) is 7.49. The van der Waals surface area contributed by atoms with Crippen molar-refractivity contribution < 1.29 is 22.8 Å². The Bertz CT molecular complexity index is 1050. The zero-order valence-corrected chi connectivity index (χ0v) is 19.0. The molecule has 0 spiro atoms. The summed E-state index contributed by atoms with van der Waals surface area (Å²) in [5.74, 6) is -1.05. The molecule has 2 aliphatic rings. The third-order valence-electron chi connectivity index (χ3n) is 6.00. The van der Waals surface area contributed by atoms with E-state index in [1.165, 1.54) is 14.6 Å². The van der Waals surface area contributed by atoms with Crippen LogP contribution in [0.25, 0.3) is 6.08 Å². The van der Waals surface area contributed by atoms with Gasteiger partial charge >= 0.3 is 6.03 Å². The summed E-state index contributed by atoms with van der Waals surface area (Å²) in [5.41, 5.74) is 7.13. The number of nitrogens with one attached hydrogen (secondary N) is 1. The second-order valence-corrected chi connectivity index (χ2v) is 10.4. The topological polar surface area (TPSA) is 130 Å². The van der Waals surface area contributed by atoms with Crippen LogP contribution in [-0.4, -0.2) is 49.2 Å². The van der Waals surface area contributed by atoms with Crippen molar-refractivity contribution in [2.75, 3.05) is 18.0 Å². The average molecular weight is 449 g/mol. The lowest BCUT2D eigenvalue weighted by Crippen LogP contribution is -2.44. The van der Waals surface area contributed by atoms with Crippen LogP contribution in [0.5, 0.6) is 0 Å². The van der Waals surface area contributed by atoms with Gasteiger partial charge in [0.25, 0.3) is 5.91 Å². The predicted molar refractivity (Wildman–Crippen MR) is 117 cm³/mol. The lowest BCUT2D eigenvalue weighted by molar-refractivity contribution is -0.123. The molecule has 31 heavy (non-hydrogen) atoms. The van der Waals surface area contributed by atoms with Gasteiger partial charge in [0.1, 0.15) is 5.54 Å². The first-order valence-corrected chi connectivity index (χ1v) is 11.6. The lowest BCUT2D eigenvalue weighted by Gasteiger charge is -2.29. The highest BCUT2D eigenvalue weighted by atomic mass is 32.2. The minimum absolute atomic E-state index is 0.254. The van der Waals surface area contributed by atoms with Gasteiger partial charge in [-0.15, -0.1) is 0 Å². The third-order valence-corrected chi connectivity index (χ3v) is 7.56. The van der Waals surface area contributed by atoms with Crippen molar-refractivity contribution in [2.45, 2.75) is 46.1 Å². The maximum absolute atomic E-state index is 12.7. The van der Waals surface area contributed by atoms with E-state index in [9.17, 15) is 22.8 Å². The molecule has 1 aromatic rings. The number of amides is 4. The Hall–Kier alpha value is -2.72. The molecule has 3 N–H and O–H groups in total. The number of hydrogen-bond donors (Lipinski definition) is 2. The van der Waals surface area contributed by atoms with E-state index in [-0.39, 0.29) is 24.9 Å². The van der Waals surface area contributed by atoms with E-state index in [2.05, 4.69) is 5.32 Å². The molecule has 168 valence electrons. The van der Waals surface area contributed by atoms with Crippen molar-refractivity contribution >= 4 is 39.6 Å². The summed E-state index contributed by atoms with van der Waals surface area (Å²) in [6, 6.07) is 3.04. The Balaban J connectivity index is 1.83. The van der Waals surface area contributed by atoms with Crippen molar-refractivity contribution in [1.29, 1.82) is 0 Å². The fourth-order valence-electron chi connectivity index (χ4n) is 4.08. The van der Waals surface area contributed by atoms with Gasteiger partial charge in [-0.05, 0) is 75.4 Å². The zero-order valence-electron chi connectivity index (χ0n) is 18.1. The molecule has 0 radical (unpaired) electrons. The molecule has 2 fully saturated rings. The summed E-state index contributed by atoms with van der Waals surface area (Å²) in [4.78, 5) is 37.0. The lowest BCUT2D eigenvalue weighted by atomic mass is 9.98. The molecular formula is C21H28N4O5S. The minimum atomic E-state index is -3.64. The molecule has 3 rings (SSSR count). The predicted octanol–water partition coefficient (Wildman–Crippen LogP) is 1.64. The van der Waals surface area contributed by atoms with Crippen molar-refractivity contribution in [2.24, 2.45) is 11.7 Å². The molecule has 4 amide bonds. The molecule has 0 saturated carbocycles. The number of nitrogens with two attached hydrogens (primary N) is 1. The fourth-order valence-corrected chi connectivity index (χ4v) is 5.28. The third kappa shape index (κ3) is 4.35. The van der Waals surface area contributed by atoms with E-state index >= 15 is 0 Å². The SMILES string of the molecule is Cc1cc(N2C(=O)NC(=O)C2(C)C)cc(C)c1C=CS(=O)(=O)N1CCC(C(N)=O)CC1.